The quantitative estimate of drug-likeness (QED) is 0.622. The summed E-state index contributed by atoms with van der Waals surface area (Å²) in [5.74, 6) is 0. The Morgan fingerprint density at radius 3 is 2.42 bits per heavy atom. The number of hydrogen-bond acceptors (Lipinski definition) is 3. The average molecular weight is 192 g/mol. The van der Waals surface area contributed by atoms with Gasteiger partial charge in [-0.1, -0.05) is 13.8 Å². The van der Waals surface area contributed by atoms with Crippen molar-refractivity contribution in [3.05, 3.63) is 0 Å². The minimum absolute atomic E-state index is 0.0169. The van der Waals surface area contributed by atoms with Gasteiger partial charge < -0.3 is 5.32 Å². The Balaban J connectivity index is 2.65. The zero-order valence-electron chi connectivity index (χ0n) is 7.72. The monoisotopic (exact) mass is 192 g/mol. The summed E-state index contributed by atoms with van der Waals surface area (Å²) in [6, 6.07) is 0.0208. The van der Waals surface area contributed by atoms with Crippen molar-refractivity contribution in [1.29, 1.82) is 0 Å². The normalized spacial score (nSPS) is 29.1. The molecule has 4 nitrogen and oxygen atoms in total. The van der Waals surface area contributed by atoms with Crippen molar-refractivity contribution in [3.63, 3.8) is 0 Å². The van der Waals surface area contributed by atoms with Gasteiger partial charge in [-0.25, -0.2) is 13.1 Å². The predicted molar refractivity (Wildman–Crippen MR) is 48.4 cm³/mol. The van der Waals surface area contributed by atoms with E-state index in [2.05, 4.69) is 23.9 Å². The highest BCUT2D eigenvalue weighted by molar-refractivity contribution is 7.88. The molecule has 0 aromatic rings. The Labute approximate surface area is 73.8 Å². The molecule has 0 saturated carbocycles. The molecule has 0 aliphatic carbocycles. The van der Waals surface area contributed by atoms with E-state index in [1.54, 1.807) is 0 Å². The van der Waals surface area contributed by atoms with Crippen LogP contribution in [0.2, 0.25) is 0 Å². The molecule has 12 heavy (non-hydrogen) atoms. The van der Waals surface area contributed by atoms with Gasteiger partial charge in [0.05, 0.1) is 6.26 Å². The van der Waals surface area contributed by atoms with Gasteiger partial charge in [0.1, 0.15) is 0 Å². The summed E-state index contributed by atoms with van der Waals surface area (Å²) in [5, 5.41) is 3.16. The first kappa shape index (κ1) is 9.95. The molecule has 5 heteroatoms. The van der Waals surface area contributed by atoms with E-state index >= 15 is 0 Å². The maximum atomic E-state index is 10.9. The molecule has 1 unspecified atom stereocenters. The summed E-state index contributed by atoms with van der Waals surface area (Å²) in [4.78, 5) is 0. The first-order chi connectivity index (χ1) is 5.31. The van der Waals surface area contributed by atoms with Crippen LogP contribution in [-0.2, 0) is 10.0 Å². The molecular formula is C7H16N2O2S. The van der Waals surface area contributed by atoms with Crippen molar-refractivity contribution in [2.75, 3.05) is 19.3 Å². The maximum absolute atomic E-state index is 10.9. The molecule has 0 spiro atoms. The summed E-state index contributed by atoms with van der Waals surface area (Å²) < 4.78 is 24.5. The summed E-state index contributed by atoms with van der Waals surface area (Å²) in [6.45, 7) is 5.69. The lowest BCUT2D eigenvalue weighted by atomic mass is 9.89. The zero-order chi connectivity index (χ0) is 9.41. The second-order valence-corrected chi connectivity index (χ2v) is 5.84. The summed E-state index contributed by atoms with van der Waals surface area (Å²) in [7, 11) is -3.07. The van der Waals surface area contributed by atoms with Crippen LogP contribution in [0.3, 0.4) is 0 Å². The number of hydrogen-bond donors (Lipinski definition) is 2. The van der Waals surface area contributed by atoms with Gasteiger partial charge in [-0.3, -0.25) is 0 Å². The van der Waals surface area contributed by atoms with Crippen molar-refractivity contribution < 1.29 is 8.42 Å². The molecule has 0 radical (unpaired) electrons. The second kappa shape index (κ2) is 2.97. The minimum Gasteiger partial charge on any atom is -0.315 e. The van der Waals surface area contributed by atoms with Crippen LogP contribution in [0.4, 0.5) is 0 Å². The van der Waals surface area contributed by atoms with Crippen LogP contribution in [-0.4, -0.2) is 33.8 Å². The molecule has 1 aliphatic rings. The van der Waals surface area contributed by atoms with Gasteiger partial charge in [0.2, 0.25) is 10.0 Å². The molecule has 72 valence electrons. The topological polar surface area (TPSA) is 58.2 Å². The largest absolute Gasteiger partial charge is 0.315 e. The standard InChI is InChI=1S/C7H16N2O2S/c1-7(2)5-8-4-6(7)9-12(3,10)11/h6,8-9H,4-5H2,1-3H3. The van der Waals surface area contributed by atoms with Crippen LogP contribution in [0.25, 0.3) is 0 Å². The van der Waals surface area contributed by atoms with Crippen molar-refractivity contribution in [2.45, 2.75) is 19.9 Å². The van der Waals surface area contributed by atoms with Crippen molar-refractivity contribution in [3.8, 4) is 0 Å². The molecule has 1 atom stereocenters. The van der Waals surface area contributed by atoms with Gasteiger partial charge in [-0.05, 0) is 5.41 Å². The smallest absolute Gasteiger partial charge is 0.209 e. The third kappa shape index (κ3) is 2.43. The van der Waals surface area contributed by atoms with Crippen LogP contribution >= 0.6 is 0 Å². The molecule has 0 amide bonds. The number of nitrogens with one attached hydrogen (secondary N) is 2. The fraction of sp³-hybridized carbons (Fsp3) is 1.00. The SMILES string of the molecule is CC1(C)CNCC1NS(C)(=O)=O. The predicted octanol–water partition coefficient (Wildman–Crippen LogP) is -0.466. The molecule has 1 rings (SSSR count). The van der Waals surface area contributed by atoms with Crippen LogP contribution in [0.15, 0.2) is 0 Å². The first-order valence-corrected chi connectivity index (χ1v) is 5.88. The lowest BCUT2D eigenvalue weighted by Gasteiger charge is -2.25. The Morgan fingerprint density at radius 2 is 2.08 bits per heavy atom. The van der Waals surface area contributed by atoms with E-state index < -0.39 is 10.0 Å². The molecule has 1 fully saturated rings. The number of sulfonamides is 1. The Bertz CT molecular complexity index is 259. The molecule has 1 saturated heterocycles. The van der Waals surface area contributed by atoms with Crippen LogP contribution in [0.5, 0.6) is 0 Å². The van der Waals surface area contributed by atoms with E-state index in [1.807, 2.05) is 0 Å². The van der Waals surface area contributed by atoms with Crippen molar-refractivity contribution in [1.82, 2.24) is 10.0 Å². The number of rotatable bonds is 2. The Kier molecular flexibility index (Phi) is 2.47. The fourth-order valence-corrected chi connectivity index (χ4v) is 2.32. The van der Waals surface area contributed by atoms with Crippen molar-refractivity contribution >= 4 is 10.0 Å². The van der Waals surface area contributed by atoms with Crippen molar-refractivity contribution in [2.24, 2.45) is 5.41 Å². The van der Waals surface area contributed by atoms with Gasteiger partial charge in [0.25, 0.3) is 0 Å². The lowest BCUT2D eigenvalue weighted by molar-refractivity contribution is 0.342. The van der Waals surface area contributed by atoms with Gasteiger partial charge >= 0.3 is 0 Å². The minimum atomic E-state index is -3.07. The average Bonchev–Trinajstić information content (AvgIpc) is 2.07. The van der Waals surface area contributed by atoms with E-state index in [0.29, 0.717) is 0 Å². The molecule has 1 heterocycles. The molecular weight excluding hydrogens is 176 g/mol. The van der Waals surface area contributed by atoms with Gasteiger partial charge in [0.15, 0.2) is 0 Å². The molecule has 2 N–H and O–H groups in total. The van der Waals surface area contributed by atoms with Crippen LogP contribution < -0.4 is 10.0 Å². The van der Waals surface area contributed by atoms with E-state index in [0.717, 1.165) is 13.1 Å². The van der Waals surface area contributed by atoms with E-state index in [9.17, 15) is 8.42 Å². The highest BCUT2D eigenvalue weighted by atomic mass is 32.2. The van der Waals surface area contributed by atoms with Gasteiger partial charge in [0, 0.05) is 19.1 Å². The van der Waals surface area contributed by atoms with Crippen LogP contribution in [0, 0.1) is 5.41 Å². The summed E-state index contributed by atoms with van der Waals surface area (Å²) >= 11 is 0. The first-order valence-electron chi connectivity index (χ1n) is 3.99. The molecule has 0 aromatic carbocycles. The van der Waals surface area contributed by atoms with Crippen LogP contribution in [0.1, 0.15) is 13.8 Å². The molecule has 0 bridgehead atoms. The summed E-state index contributed by atoms with van der Waals surface area (Å²) in [5.41, 5.74) is 0.0169. The molecule has 1 aliphatic heterocycles. The van der Waals surface area contributed by atoms with E-state index in [4.69, 9.17) is 0 Å². The fourth-order valence-electron chi connectivity index (χ4n) is 1.40. The highest BCUT2D eigenvalue weighted by Gasteiger charge is 2.35. The van der Waals surface area contributed by atoms with E-state index in [-0.39, 0.29) is 11.5 Å². The summed E-state index contributed by atoms with van der Waals surface area (Å²) in [6.07, 6.45) is 1.20. The second-order valence-electron chi connectivity index (χ2n) is 4.06. The van der Waals surface area contributed by atoms with E-state index in [1.165, 1.54) is 6.26 Å². The van der Waals surface area contributed by atoms with Gasteiger partial charge in [-0.15, -0.1) is 0 Å². The third-order valence-corrected chi connectivity index (χ3v) is 2.94. The Morgan fingerprint density at radius 1 is 1.50 bits per heavy atom. The zero-order valence-corrected chi connectivity index (χ0v) is 8.53. The van der Waals surface area contributed by atoms with Gasteiger partial charge in [-0.2, -0.15) is 0 Å². The molecule has 0 aromatic heterocycles. The Hall–Kier alpha value is -0.130. The lowest BCUT2D eigenvalue weighted by Crippen LogP contribution is -2.43. The highest BCUT2D eigenvalue weighted by Crippen LogP contribution is 2.23. The third-order valence-electron chi connectivity index (χ3n) is 2.23. The maximum Gasteiger partial charge on any atom is 0.209 e.